The van der Waals surface area contributed by atoms with Crippen LogP contribution >= 0.6 is 0 Å². The van der Waals surface area contributed by atoms with Crippen LogP contribution in [0.1, 0.15) is 40.0 Å². The number of esters is 1. The average Bonchev–Trinajstić information content (AvgIpc) is 2.12. The summed E-state index contributed by atoms with van der Waals surface area (Å²) < 4.78 is 5.04. The van der Waals surface area contributed by atoms with Crippen LogP contribution in [-0.2, 0) is 9.53 Å². The van der Waals surface area contributed by atoms with E-state index >= 15 is 0 Å². The standard InChI is InChI=1S/C10H19O2/c1-5-8-12-9(11)10(4,6-2)7-3/h4-8H2,1-3H3. The van der Waals surface area contributed by atoms with Crippen molar-refractivity contribution in [2.45, 2.75) is 40.0 Å². The Morgan fingerprint density at radius 2 is 1.83 bits per heavy atom. The molecule has 0 aliphatic heterocycles. The van der Waals surface area contributed by atoms with Gasteiger partial charge in [0.1, 0.15) is 0 Å². The van der Waals surface area contributed by atoms with Gasteiger partial charge >= 0.3 is 5.97 Å². The maximum absolute atomic E-state index is 11.4. The highest BCUT2D eigenvalue weighted by molar-refractivity contribution is 5.77. The number of carbonyl (C=O) groups excluding carboxylic acids is 1. The Hall–Kier alpha value is -0.530. The average molecular weight is 171 g/mol. The maximum Gasteiger partial charge on any atom is 0.312 e. The molecule has 2 nitrogen and oxygen atoms in total. The van der Waals surface area contributed by atoms with Crippen LogP contribution in [0.25, 0.3) is 0 Å². The SMILES string of the molecule is [CH2]C(CC)(CC)C(=O)OCCC. The van der Waals surface area contributed by atoms with Crippen LogP contribution in [0.2, 0.25) is 0 Å². The Kier molecular flexibility index (Phi) is 4.95. The lowest BCUT2D eigenvalue weighted by Crippen LogP contribution is -2.29. The number of rotatable bonds is 5. The summed E-state index contributed by atoms with van der Waals surface area (Å²) in [5.41, 5.74) is -0.519. The Balaban J connectivity index is 4.03. The number of hydrogen-bond donors (Lipinski definition) is 0. The highest BCUT2D eigenvalue weighted by Crippen LogP contribution is 2.26. The fourth-order valence-corrected chi connectivity index (χ4v) is 0.887. The van der Waals surface area contributed by atoms with E-state index in [1.165, 1.54) is 0 Å². The van der Waals surface area contributed by atoms with Crippen LogP contribution in [0.15, 0.2) is 0 Å². The molecule has 0 saturated carbocycles. The van der Waals surface area contributed by atoms with Crippen molar-refractivity contribution in [1.82, 2.24) is 0 Å². The van der Waals surface area contributed by atoms with Crippen LogP contribution in [0.3, 0.4) is 0 Å². The number of carbonyl (C=O) groups is 1. The van der Waals surface area contributed by atoms with Gasteiger partial charge in [-0.3, -0.25) is 4.79 Å². The van der Waals surface area contributed by atoms with Crippen molar-refractivity contribution in [1.29, 1.82) is 0 Å². The van der Waals surface area contributed by atoms with Gasteiger partial charge in [0.25, 0.3) is 0 Å². The molecule has 12 heavy (non-hydrogen) atoms. The van der Waals surface area contributed by atoms with Gasteiger partial charge < -0.3 is 4.74 Å². The minimum Gasteiger partial charge on any atom is -0.465 e. The van der Waals surface area contributed by atoms with E-state index in [0.717, 1.165) is 19.3 Å². The van der Waals surface area contributed by atoms with Crippen molar-refractivity contribution in [3.63, 3.8) is 0 Å². The predicted molar refractivity (Wildman–Crippen MR) is 49.6 cm³/mol. The molecule has 0 aromatic rings. The molecule has 0 N–H and O–H groups in total. The zero-order chi connectivity index (χ0) is 9.61. The Labute approximate surface area is 75.3 Å². The van der Waals surface area contributed by atoms with E-state index in [9.17, 15) is 4.79 Å². The molecule has 0 aliphatic carbocycles. The summed E-state index contributed by atoms with van der Waals surface area (Å²) in [7, 11) is 0. The van der Waals surface area contributed by atoms with Gasteiger partial charge in [-0.1, -0.05) is 20.8 Å². The lowest BCUT2D eigenvalue weighted by Gasteiger charge is -2.23. The number of ether oxygens (including phenoxy) is 1. The molecule has 0 aromatic heterocycles. The largest absolute Gasteiger partial charge is 0.465 e. The predicted octanol–water partition coefficient (Wildman–Crippen LogP) is 2.58. The lowest BCUT2D eigenvalue weighted by atomic mass is 9.85. The van der Waals surface area contributed by atoms with Crippen LogP contribution < -0.4 is 0 Å². The van der Waals surface area contributed by atoms with Gasteiger partial charge in [-0.25, -0.2) is 0 Å². The lowest BCUT2D eigenvalue weighted by molar-refractivity contribution is -0.153. The first-order chi connectivity index (χ1) is 5.60. The van der Waals surface area contributed by atoms with Crippen molar-refractivity contribution < 1.29 is 9.53 Å². The fraction of sp³-hybridized carbons (Fsp3) is 0.800. The summed E-state index contributed by atoms with van der Waals surface area (Å²) in [6.07, 6.45) is 2.35. The molecule has 0 amide bonds. The van der Waals surface area contributed by atoms with Gasteiger partial charge in [-0.05, 0) is 26.2 Å². The van der Waals surface area contributed by atoms with Gasteiger partial charge in [0.15, 0.2) is 0 Å². The first kappa shape index (κ1) is 11.5. The van der Waals surface area contributed by atoms with Crippen LogP contribution in [0, 0.1) is 12.3 Å². The first-order valence-electron chi connectivity index (χ1n) is 4.63. The second-order valence-corrected chi connectivity index (χ2v) is 3.12. The van der Waals surface area contributed by atoms with Crippen molar-refractivity contribution in [2.75, 3.05) is 6.61 Å². The summed E-state index contributed by atoms with van der Waals surface area (Å²) in [6, 6.07) is 0. The second-order valence-electron chi connectivity index (χ2n) is 3.12. The quantitative estimate of drug-likeness (QED) is 0.594. The molecule has 0 heterocycles. The molecular formula is C10H19O2. The van der Waals surface area contributed by atoms with E-state index in [4.69, 9.17) is 4.74 Å². The van der Waals surface area contributed by atoms with Gasteiger partial charge in [-0.15, -0.1) is 0 Å². The van der Waals surface area contributed by atoms with E-state index in [2.05, 4.69) is 6.92 Å². The van der Waals surface area contributed by atoms with Gasteiger partial charge in [0.05, 0.1) is 12.0 Å². The van der Waals surface area contributed by atoms with Crippen LogP contribution in [-0.4, -0.2) is 12.6 Å². The van der Waals surface area contributed by atoms with E-state index in [-0.39, 0.29) is 5.97 Å². The summed E-state index contributed by atoms with van der Waals surface area (Å²) in [5.74, 6) is -0.158. The normalized spacial score (nSPS) is 11.3. The van der Waals surface area contributed by atoms with Crippen molar-refractivity contribution >= 4 is 5.97 Å². The molecule has 0 unspecified atom stereocenters. The summed E-state index contributed by atoms with van der Waals surface area (Å²) in [6.45, 7) is 10.3. The molecule has 2 heteroatoms. The highest BCUT2D eigenvalue weighted by atomic mass is 16.5. The summed E-state index contributed by atoms with van der Waals surface area (Å²) in [5, 5.41) is 0. The molecule has 71 valence electrons. The van der Waals surface area contributed by atoms with E-state index in [0.29, 0.717) is 6.61 Å². The topological polar surface area (TPSA) is 26.3 Å². The van der Waals surface area contributed by atoms with Gasteiger partial charge in [-0.2, -0.15) is 0 Å². The third-order valence-electron chi connectivity index (χ3n) is 2.22. The fourth-order valence-electron chi connectivity index (χ4n) is 0.887. The third-order valence-corrected chi connectivity index (χ3v) is 2.22. The molecule has 0 saturated heterocycles. The Morgan fingerprint density at radius 1 is 1.33 bits per heavy atom. The molecule has 0 spiro atoms. The smallest absolute Gasteiger partial charge is 0.312 e. The van der Waals surface area contributed by atoms with Crippen LogP contribution in [0.5, 0.6) is 0 Å². The molecule has 0 fully saturated rings. The zero-order valence-corrected chi connectivity index (χ0v) is 8.35. The molecule has 0 aliphatic rings. The minimum atomic E-state index is -0.519. The van der Waals surface area contributed by atoms with Gasteiger partial charge in [0.2, 0.25) is 0 Å². The maximum atomic E-state index is 11.4. The molecular weight excluding hydrogens is 152 g/mol. The van der Waals surface area contributed by atoms with E-state index < -0.39 is 5.41 Å². The van der Waals surface area contributed by atoms with Gasteiger partial charge in [0, 0.05) is 0 Å². The molecule has 0 atom stereocenters. The Bertz CT molecular complexity index is 137. The van der Waals surface area contributed by atoms with E-state index in [1.54, 1.807) is 0 Å². The second kappa shape index (κ2) is 5.18. The van der Waals surface area contributed by atoms with Crippen molar-refractivity contribution in [3.05, 3.63) is 6.92 Å². The Morgan fingerprint density at radius 3 is 2.17 bits per heavy atom. The van der Waals surface area contributed by atoms with Crippen molar-refractivity contribution in [3.8, 4) is 0 Å². The minimum absolute atomic E-state index is 0.158. The first-order valence-corrected chi connectivity index (χ1v) is 4.63. The zero-order valence-electron chi connectivity index (χ0n) is 8.35. The monoisotopic (exact) mass is 171 g/mol. The third kappa shape index (κ3) is 2.84. The molecule has 1 radical (unpaired) electrons. The molecule has 0 aromatic carbocycles. The van der Waals surface area contributed by atoms with Crippen LogP contribution in [0.4, 0.5) is 0 Å². The van der Waals surface area contributed by atoms with Crippen molar-refractivity contribution in [2.24, 2.45) is 5.41 Å². The number of hydrogen-bond acceptors (Lipinski definition) is 2. The summed E-state index contributed by atoms with van der Waals surface area (Å²) >= 11 is 0. The van der Waals surface area contributed by atoms with E-state index in [1.807, 2.05) is 20.8 Å². The molecule has 0 rings (SSSR count). The summed E-state index contributed by atoms with van der Waals surface area (Å²) in [4.78, 5) is 11.4. The molecule has 0 bridgehead atoms. The highest BCUT2D eigenvalue weighted by Gasteiger charge is 2.30.